The van der Waals surface area contributed by atoms with Gasteiger partial charge in [0.25, 0.3) is 0 Å². The molecule has 0 saturated carbocycles. The predicted octanol–water partition coefficient (Wildman–Crippen LogP) is 4.25. The molecule has 4 rings (SSSR count). The van der Waals surface area contributed by atoms with E-state index >= 15 is 0 Å². The summed E-state index contributed by atoms with van der Waals surface area (Å²) >= 11 is 0. The summed E-state index contributed by atoms with van der Waals surface area (Å²) in [4.78, 5) is 2.44. The average Bonchev–Trinajstić information content (AvgIpc) is 3.19. The Morgan fingerprint density at radius 3 is 2.72 bits per heavy atom. The van der Waals surface area contributed by atoms with Crippen LogP contribution in [0.4, 0.5) is 5.69 Å². The number of methoxy groups -OCH3 is 1. The van der Waals surface area contributed by atoms with Gasteiger partial charge in [0.15, 0.2) is 0 Å². The van der Waals surface area contributed by atoms with Crippen molar-refractivity contribution >= 4 is 5.69 Å². The molecule has 2 fully saturated rings. The van der Waals surface area contributed by atoms with Gasteiger partial charge in [-0.2, -0.15) is 5.10 Å². The Morgan fingerprint density at radius 1 is 1.08 bits per heavy atom. The lowest BCUT2D eigenvalue weighted by molar-refractivity contribution is -0.0394. The van der Waals surface area contributed by atoms with E-state index in [0.717, 1.165) is 49.4 Å². The Hall–Kier alpha value is -2.01. The second kappa shape index (κ2) is 7.48. The highest BCUT2D eigenvalue weighted by Gasteiger charge is 2.18. The van der Waals surface area contributed by atoms with Gasteiger partial charge < -0.3 is 14.4 Å². The molecule has 0 aliphatic carbocycles. The summed E-state index contributed by atoms with van der Waals surface area (Å²) in [5.74, 6) is 0.945. The van der Waals surface area contributed by atoms with E-state index in [1.54, 1.807) is 7.11 Å². The summed E-state index contributed by atoms with van der Waals surface area (Å²) in [6.07, 6.45) is 11.4. The van der Waals surface area contributed by atoms with Crippen molar-refractivity contribution in [2.45, 2.75) is 44.8 Å². The van der Waals surface area contributed by atoms with Gasteiger partial charge in [-0.15, -0.1) is 0 Å². The van der Waals surface area contributed by atoms with Gasteiger partial charge in [-0.1, -0.05) is 6.07 Å². The van der Waals surface area contributed by atoms with E-state index in [2.05, 4.69) is 34.4 Å². The van der Waals surface area contributed by atoms with Crippen LogP contribution in [0.3, 0.4) is 0 Å². The normalized spacial score (nSPS) is 21.3. The van der Waals surface area contributed by atoms with Crippen LogP contribution in [0.2, 0.25) is 0 Å². The van der Waals surface area contributed by atoms with E-state index in [0.29, 0.717) is 0 Å². The van der Waals surface area contributed by atoms with Gasteiger partial charge in [-0.3, -0.25) is 0 Å². The number of piperidine rings is 1. The molecule has 2 aromatic rings. The maximum Gasteiger partial charge on any atom is 0.150 e. The molecule has 5 nitrogen and oxygen atoms in total. The van der Waals surface area contributed by atoms with Crippen LogP contribution in [0.5, 0.6) is 5.75 Å². The smallest absolute Gasteiger partial charge is 0.150 e. The fraction of sp³-hybridized carbons (Fsp3) is 0.550. The quantitative estimate of drug-likeness (QED) is 0.833. The molecule has 1 unspecified atom stereocenters. The third-order valence-corrected chi connectivity index (χ3v) is 5.26. The maximum atomic E-state index is 5.83. The van der Waals surface area contributed by atoms with Crippen molar-refractivity contribution in [1.29, 1.82) is 0 Å². The molecule has 3 heterocycles. The lowest BCUT2D eigenvalue weighted by Gasteiger charge is -2.30. The summed E-state index contributed by atoms with van der Waals surface area (Å²) in [5.41, 5.74) is 3.45. The van der Waals surface area contributed by atoms with Gasteiger partial charge in [-0.05, 0) is 56.2 Å². The topological polar surface area (TPSA) is 39.5 Å². The third kappa shape index (κ3) is 3.52. The second-order valence-electron chi connectivity index (χ2n) is 6.96. The number of benzene rings is 1. The number of anilines is 1. The predicted molar refractivity (Wildman–Crippen MR) is 99.1 cm³/mol. The lowest BCUT2D eigenvalue weighted by atomic mass is 10.1. The molecule has 0 amide bonds. The van der Waals surface area contributed by atoms with Crippen LogP contribution in [0.15, 0.2) is 30.6 Å². The highest BCUT2D eigenvalue weighted by atomic mass is 16.5. The minimum atomic E-state index is 0.0806. The molecular formula is C20H27N3O2. The van der Waals surface area contributed by atoms with E-state index in [4.69, 9.17) is 9.47 Å². The van der Waals surface area contributed by atoms with E-state index in [1.165, 1.54) is 31.4 Å². The first kappa shape index (κ1) is 16.5. The fourth-order valence-electron chi connectivity index (χ4n) is 3.83. The van der Waals surface area contributed by atoms with Crippen LogP contribution in [0.25, 0.3) is 11.1 Å². The zero-order valence-corrected chi connectivity index (χ0v) is 15.0. The van der Waals surface area contributed by atoms with Gasteiger partial charge in [0, 0.05) is 31.5 Å². The zero-order chi connectivity index (χ0) is 17.1. The Kier molecular flexibility index (Phi) is 4.92. The van der Waals surface area contributed by atoms with E-state index in [-0.39, 0.29) is 6.23 Å². The van der Waals surface area contributed by atoms with Crippen molar-refractivity contribution in [3.63, 3.8) is 0 Å². The monoisotopic (exact) mass is 341 g/mol. The molecule has 0 spiro atoms. The first-order chi connectivity index (χ1) is 12.3. The van der Waals surface area contributed by atoms with Crippen molar-refractivity contribution in [1.82, 2.24) is 9.78 Å². The van der Waals surface area contributed by atoms with Gasteiger partial charge >= 0.3 is 0 Å². The molecule has 2 aliphatic heterocycles. The molecule has 1 atom stereocenters. The van der Waals surface area contributed by atoms with Gasteiger partial charge in [0.1, 0.15) is 12.0 Å². The van der Waals surface area contributed by atoms with Crippen LogP contribution in [-0.4, -0.2) is 36.6 Å². The highest BCUT2D eigenvalue weighted by molar-refractivity contribution is 5.71. The Labute approximate surface area is 149 Å². The van der Waals surface area contributed by atoms with E-state index in [1.807, 2.05) is 10.9 Å². The number of ether oxygens (including phenoxy) is 2. The summed E-state index contributed by atoms with van der Waals surface area (Å²) in [7, 11) is 1.76. The first-order valence-electron chi connectivity index (χ1n) is 9.44. The standard InChI is InChI=1S/C20H27N3O2/c1-24-19-13-16(8-9-18(19)22-10-4-2-5-11-22)17-14-21-23(15-17)20-7-3-6-12-25-20/h8-9,13-15,20H,2-7,10-12H2,1H3. The largest absolute Gasteiger partial charge is 0.495 e. The molecule has 2 saturated heterocycles. The molecule has 0 radical (unpaired) electrons. The van der Waals surface area contributed by atoms with E-state index < -0.39 is 0 Å². The zero-order valence-electron chi connectivity index (χ0n) is 15.0. The van der Waals surface area contributed by atoms with Crippen LogP contribution in [0.1, 0.15) is 44.8 Å². The molecular weight excluding hydrogens is 314 g/mol. The van der Waals surface area contributed by atoms with E-state index in [9.17, 15) is 0 Å². The number of rotatable bonds is 4. The number of aromatic nitrogens is 2. The Bertz CT molecular complexity index is 701. The van der Waals surface area contributed by atoms with Crippen LogP contribution in [0, 0.1) is 0 Å². The van der Waals surface area contributed by atoms with Gasteiger partial charge in [0.2, 0.25) is 0 Å². The summed E-state index contributed by atoms with van der Waals surface area (Å²) in [6, 6.07) is 6.50. The summed E-state index contributed by atoms with van der Waals surface area (Å²) in [6.45, 7) is 3.07. The van der Waals surface area contributed by atoms with Crippen molar-refractivity contribution in [3.8, 4) is 16.9 Å². The molecule has 1 aromatic carbocycles. The number of hydrogen-bond donors (Lipinski definition) is 0. The molecule has 134 valence electrons. The van der Waals surface area contributed by atoms with Crippen LogP contribution in [-0.2, 0) is 4.74 Å². The molecule has 2 aliphatic rings. The Balaban J connectivity index is 1.57. The van der Waals surface area contributed by atoms with Crippen molar-refractivity contribution in [2.75, 3.05) is 31.7 Å². The van der Waals surface area contributed by atoms with Crippen molar-refractivity contribution in [3.05, 3.63) is 30.6 Å². The molecule has 25 heavy (non-hydrogen) atoms. The van der Waals surface area contributed by atoms with Crippen molar-refractivity contribution < 1.29 is 9.47 Å². The molecule has 5 heteroatoms. The minimum Gasteiger partial charge on any atom is -0.495 e. The summed E-state index contributed by atoms with van der Waals surface area (Å²) < 4.78 is 13.5. The maximum absolute atomic E-state index is 5.83. The van der Waals surface area contributed by atoms with Crippen LogP contribution >= 0.6 is 0 Å². The molecule has 0 N–H and O–H groups in total. The lowest BCUT2D eigenvalue weighted by Crippen LogP contribution is -2.29. The highest BCUT2D eigenvalue weighted by Crippen LogP contribution is 2.35. The summed E-state index contributed by atoms with van der Waals surface area (Å²) in [5, 5.41) is 4.52. The second-order valence-corrected chi connectivity index (χ2v) is 6.96. The average molecular weight is 341 g/mol. The van der Waals surface area contributed by atoms with Gasteiger partial charge in [0.05, 0.1) is 19.0 Å². The Morgan fingerprint density at radius 2 is 1.96 bits per heavy atom. The third-order valence-electron chi connectivity index (χ3n) is 5.26. The fourth-order valence-corrected chi connectivity index (χ4v) is 3.83. The minimum absolute atomic E-state index is 0.0806. The van der Waals surface area contributed by atoms with Crippen molar-refractivity contribution in [2.24, 2.45) is 0 Å². The SMILES string of the molecule is COc1cc(-c2cnn(C3CCCCO3)c2)ccc1N1CCCCC1. The van der Waals surface area contributed by atoms with Gasteiger partial charge in [-0.25, -0.2) is 4.68 Å². The molecule has 1 aromatic heterocycles. The number of hydrogen-bond acceptors (Lipinski definition) is 4. The first-order valence-corrected chi connectivity index (χ1v) is 9.44. The van der Waals surface area contributed by atoms with Crippen LogP contribution < -0.4 is 9.64 Å². The molecule has 0 bridgehead atoms. The number of nitrogens with zero attached hydrogens (tertiary/aromatic N) is 3.